The van der Waals surface area contributed by atoms with Crippen LogP contribution in [-0.2, 0) is 16.5 Å². The molecule has 1 aromatic rings. The Hall–Kier alpha value is -0.980. The molecule has 0 saturated carbocycles. The first-order chi connectivity index (χ1) is 6.88. The summed E-state index contributed by atoms with van der Waals surface area (Å²) in [7, 11) is -4.10. The topological polar surface area (TPSA) is 80.4 Å². The molecule has 0 aliphatic carbocycles. The lowest BCUT2D eigenvalue weighted by Crippen LogP contribution is -2.31. The first kappa shape index (κ1) is 12.1. The van der Waals surface area contributed by atoms with Crippen LogP contribution in [-0.4, -0.2) is 24.8 Å². The van der Waals surface area contributed by atoms with Crippen molar-refractivity contribution in [1.82, 2.24) is 0 Å². The molecule has 0 amide bonds. The van der Waals surface area contributed by atoms with Crippen LogP contribution in [0.3, 0.4) is 0 Å². The lowest BCUT2D eigenvalue weighted by Gasteiger charge is -2.09. The van der Waals surface area contributed by atoms with E-state index in [-0.39, 0.29) is 6.42 Å². The van der Waals surface area contributed by atoms with Gasteiger partial charge in [0.1, 0.15) is 5.82 Å². The predicted molar refractivity (Wildman–Crippen MR) is 54.5 cm³/mol. The maximum absolute atomic E-state index is 13.1. The van der Waals surface area contributed by atoms with E-state index >= 15 is 0 Å². The maximum Gasteiger partial charge on any atom is 0.266 e. The van der Waals surface area contributed by atoms with Crippen molar-refractivity contribution in [2.75, 3.05) is 5.75 Å². The van der Waals surface area contributed by atoms with E-state index in [9.17, 15) is 12.8 Å². The Labute approximate surface area is 87.7 Å². The fourth-order valence-electron chi connectivity index (χ4n) is 1.28. The number of nitrogens with two attached hydrogens (primary N) is 1. The predicted octanol–water partition coefficient (Wildman–Crippen LogP) is 0.583. The zero-order valence-corrected chi connectivity index (χ0v) is 8.74. The molecule has 3 N–H and O–H groups in total. The van der Waals surface area contributed by atoms with Crippen molar-refractivity contribution < 1.29 is 17.4 Å². The van der Waals surface area contributed by atoms with Gasteiger partial charge in [-0.1, -0.05) is 18.2 Å². The third-order valence-electron chi connectivity index (χ3n) is 1.86. The van der Waals surface area contributed by atoms with E-state index in [1.165, 1.54) is 18.2 Å². The van der Waals surface area contributed by atoms with Crippen LogP contribution < -0.4 is 5.73 Å². The van der Waals surface area contributed by atoms with Gasteiger partial charge in [-0.25, -0.2) is 4.39 Å². The van der Waals surface area contributed by atoms with E-state index in [1.807, 2.05) is 0 Å². The molecular weight excluding hydrogens is 221 g/mol. The third kappa shape index (κ3) is 4.37. The van der Waals surface area contributed by atoms with Gasteiger partial charge < -0.3 is 5.73 Å². The van der Waals surface area contributed by atoms with Crippen molar-refractivity contribution in [2.24, 2.45) is 5.73 Å². The summed E-state index contributed by atoms with van der Waals surface area (Å²) in [5.41, 5.74) is 5.80. The molecule has 1 aromatic carbocycles. The summed E-state index contributed by atoms with van der Waals surface area (Å²) in [6, 6.07) is 5.16. The first-order valence-electron chi connectivity index (χ1n) is 4.32. The first-order valence-corrected chi connectivity index (χ1v) is 5.93. The van der Waals surface area contributed by atoms with Crippen LogP contribution in [0.15, 0.2) is 24.3 Å². The van der Waals surface area contributed by atoms with Crippen molar-refractivity contribution in [2.45, 2.75) is 12.5 Å². The second-order valence-electron chi connectivity index (χ2n) is 3.30. The normalized spacial score (nSPS) is 13.8. The largest absolute Gasteiger partial charge is 0.326 e. The fourth-order valence-corrected chi connectivity index (χ4v) is 1.93. The highest BCUT2D eigenvalue weighted by Gasteiger charge is 2.14. The summed E-state index contributed by atoms with van der Waals surface area (Å²) in [5.74, 6) is -0.996. The Morgan fingerprint density at radius 3 is 2.53 bits per heavy atom. The molecule has 1 rings (SSSR count). The van der Waals surface area contributed by atoms with E-state index in [2.05, 4.69) is 0 Å². The summed E-state index contributed by atoms with van der Waals surface area (Å²) in [5, 5.41) is 0. The molecule has 1 unspecified atom stereocenters. The van der Waals surface area contributed by atoms with Gasteiger partial charge in [-0.3, -0.25) is 4.55 Å². The second-order valence-corrected chi connectivity index (χ2v) is 4.80. The SMILES string of the molecule is NC(Cc1ccccc1F)CS(=O)(=O)O. The Kier molecular flexibility index (Phi) is 3.78. The van der Waals surface area contributed by atoms with Gasteiger partial charge in [-0.2, -0.15) is 8.42 Å². The highest BCUT2D eigenvalue weighted by molar-refractivity contribution is 7.85. The van der Waals surface area contributed by atoms with Gasteiger partial charge in [0.05, 0.1) is 5.75 Å². The molecule has 0 heterocycles. The van der Waals surface area contributed by atoms with Gasteiger partial charge >= 0.3 is 0 Å². The van der Waals surface area contributed by atoms with Crippen LogP contribution in [0.2, 0.25) is 0 Å². The number of halogens is 1. The van der Waals surface area contributed by atoms with Crippen molar-refractivity contribution in [1.29, 1.82) is 0 Å². The molecule has 0 bridgehead atoms. The van der Waals surface area contributed by atoms with Crippen LogP contribution >= 0.6 is 0 Å². The summed E-state index contributed by atoms with van der Waals surface area (Å²) >= 11 is 0. The minimum atomic E-state index is -4.10. The van der Waals surface area contributed by atoms with Crippen LogP contribution in [0.5, 0.6) is 0 Å². The third-order valence-corrected chi connectivity index (χ3v) is 2.71. The molecule has 15 heavy (non-hydrogen) atoms. The van der Waals surface area contributed by atoms with E-state index in [0.29, 0.717) is 5.56 Å². The van der Waals surface area contributed by atoms with Crippen molar-refractivity contribution in [3.63, 3.8) is 0 Å². The van der Waals surface area contributed by atoms with Gasteiger partial charge in [0.25, 0.3) is 10.1 Å². The van der Waals surface area contributed by atoms with Gasteiger partial charge in [-0.15, -0.1) is 0 Å². The van der Waals surface area contributed by atoms with Crippen LogP contribution in [0.4, 0.5) is 4.39 Å². The smallest absolute Gasteiger partial charge is 0.266 e. The van der Waals surface area contributed by atoms with Crippen LogP contribution in [0.25, 0.3) is 0 Å². The highest BCUT2D eigenvalue weighted by atomic mass is 32.2. The Morgan fingerprint density at radius 1 is 1.40 bits per heavy atom. The zero-order valence-electron chi connectivity index (χ0n) is 7.93. The molecule has 0 saturated heterocycles. The Bertz CT molecular complexity index is 433. The number of hydrogen-bond donors (Lipinski definition) is 2. The summed E-state index contributed by atoms with van der Waals surface area (Å²) in [6.45, 7) is 0. The molecule has 0 radical (unpaired) electrons. The molecule has 1 atom stereocenters. The molecular formula is C9H12FNO3S. The maximum atomic E-state index is 13.1. The Morgan fingerprint density at radius 2 is 2.00 bits per heavy atom. The van der Waals surface area contributed by atoms with Crippen LogP contribution in [0, 0.1) is 5.82 Å². The summed E-state index contributed by atoms with van der Waals surface area (Å²) in [4.78, 5) is 0. The van der Waals surface area contributed by atoms with Crippen molar-refractivity contribution in [3.05, 3.63) is 35.6 Å². The van der Waals surface area contributed by atoms with Gasteiger partial charge in [0.15, 0.2) is 0 Å². The number of benzene rings is 1. The molecule has 4 nitrogen and oxygen atoms in total. The van der Waals surface area contributed by atoms with Crippen LogP contribution in [0.1, 0.15) is 5.56 Å². The lowest BCUT2D eigenvalue weighted by atomic mass is 10.1. The molecule has 0 aliphatic heterocycles. The van der Waals surface area contributed by atoms with Gasteiger partial charge in [-0.05, 0) is 18.1 Å². The van der Waals surface area contributed by atoms with Gasteiger partial charge in [0, 0.05) is 6.04 Å². The molecule has 0 aromatic heterocycles. The van der Waals surface area contributed by atoms with E-state index in [0.717, 1.165) is 0 Å². The minimum Gasteiger partial charge on any atom is -0.326 e. The average Bonchev–Trinajstić information content (AvgIpc) is 2.05. The van der Waals surface area contributed by atoms with E-state index in [4.69, 9.17) is 10.3 Å². The minimum absolute atomic E-state index is 0.0759. The number of hydrogen-bond acceptors (Lipinski definition) is 3. The highest BCUT2D eigenvalue weighted by Crippen LogP contribution is 2.08. The second kappa shape index (κ2) is 4.69. The quantitative estimate of drug-likeness (QED) is 0.745. The lowest BCUT2D eigenvalue weighted by molar-refractivity contribution is 0.475. The zero-order chi connectivity index (χ0) is 11.5. The molecule has 0 spiro atoms. The van der Waals surface area contributed by atoms with Gasteiger partial charge in [0.2, 0.25) is 0 Å². The van der Waals surface area contributed by atoms with Crippen molar-refractivity contribution >= 4 is 10.1 Å². The number of rotatable bonds is 4. The van der Waals surface area contributed by atoms with Crippen molar-refractivity contribution in [3.8, 4) is 0 Å². The van der Waals surface area contributed by atoms with E-state index in [1.54, 1.807) is 6.07 Å². The average molecular weight is 233 g/mol. The summed E-state index contributed by atoms with van der Waals surface area (Å²) < 4.78 is 42.6. The summed E-state index contributed by atoms with van der Waals surface area (Å²) in [6.07, 6.45) is 0.0759. The molecule has 0 fully saturated rings. The fraction of sp³-hybridized carbons (Fsp3) is 0.333. The molecule has 0 aliphatic rings. The Balaban J connectivity index is 2.67. The monoisotopic (exact) mass is 233 g/mol. The standard InChI is InChI=1S/C9H12FNO3S/c10-9-4-2-1-3-7(9)5-8(11)6-15(12,13)14/h1-4,8H,5-6,11H2,(H,12,13,14). The molecule has 6 heteroatoms. The molecule has 84 valence electrons. The van der Waals surface area contributed by atoms with E-state index < -0.39 is 27.7 Å².